The van der Waals surface area contributed by atoms with Gasteiger partial charge in [0.05, 0.1) is 12.5 Å². The number of nitrogens with zero attached hydrogens (tertiary/aromatic N) is 1. The van der Waals surface area contributed by atoms with Gasteiger partial charge >= 0.3 is 0 Å². The van der Waals surface area contributed by atoms with Gasteiger partial charge in [-0.2, -0.15) is 0 Å². The quantitative estimate of drug-likeness (QED) is 0.395. The summed E-state index contributed by atoms with van der Waals surface area (Å²) in [5.41, 5.74) is 0. The van der Waals surface area contributed by atoms with Gasteiger partial charge in [0.25, 0.3) is 0 Å². The molecule has 1 radical (unpaired) electrons. The molecule has 4 heteroatoms. The smallest absolute Gasteiger partial charge is 0.232 e. The molecule has 0 spiro atoms. The Morgan fingerprint density at radius 1 is 1.89 bits per heavy atom. The molecular weight excluding hydrogens is 120 g/mol. The monoisotopic (exact) mass is 129 g/mol. The first kappa shape index (κ1) is 6.48. The second-order valence-corrected chi connectivity index (χ2v) is 2.21. The lowest BCUT2D eigenvalue weighted by molar-refractivity contribution is -0.513. The first-order valence-electron chi connectivity index (χ1n) is 2.92. The SMILES string of the molecule is CC1NC[CH][C@@H]1[N+](=O)[O-]. The van der Waals surface area contributed by atoms with Crippen molar-refractivity contribution in [1.29, 1.82) is 0 Å². The Morgan fingerprint density at radius 2 is 2.56 bits per heavy atom. The third-order valence-electron chi connectivity index (χ3n) is 1.55. The van der Waals surface area contributed by atoms with Gasteiger partial charge in [0.15, 0.2) is 0 Å². The highest BCUT2D eigenvalue weighted by Gasteiger charge is 2.32. The van der Waals surface area contributed by atoms with E-state index in [4.69, 9.17) is 0 Å². The van der Waals surface area contributed by atoms with Crippen molar-refractivity contribution < 1.29 is 4.92 Å². The first-order chi connectivity index (χ1) is 4.22. The van der Waals surface area contributed by atoms with Gasteiger partial charge in [-0.1, -0.05) is 0 Å². The van der Waals surface area contributed by atoms with E-state index in [0.717, 1.165) is 0 Å². The lowest BCUT2D eigenvalue weighted by Crippen LogP contribution is -2.32. The molecule has 0 amide bonds. The first-order valence-corrected chi connectivity index (χ1v) is 2.92. The van der Waals surface area contributed by atoms with E-state index in [1.165, 1.54) is 0 Å². The molecule has 0 bridgehead atoms. The fourth-order valence-corrected chi connectivity index (χ4v) is 0.968. The number of hydrogen-bond acceptors (Lipinski definition) is 3. The standard InChI is InChI=1S/C5H9N2O2/c1-4-5(7(8)9)2-3-6-4/h2,4-6H,3H2,1H3/t4?,5-/m0/s1. The van der Waals surface area contributed by atoms with Crippen molar-refractivity contribution in [3.63, 3.8) is 0 Å². The molecule has 2 atom stereocenters. The Hall–Kier alpha value is -0.640. The van der Waals surface area contributed by atoms with Crippen molar-refractivity contribution in [1.82, 2.24) is 5.32 Å². The molecule has 0 aromatic rings. The minimum Gasteiger partial charge on any atom is -0.308 e. The van der Waals surface area contributed by atoms with Crippen molar-refractivity contribution >= 4 is 0 Å². The Bertz CT molecular complexity index is 126. The summed E-state index contributed by atoms with van der Waals surface area (Å²) in [5, 5.41) is 13.1. The molecule has 1 N–H and O–H groups in total. The van der Waals surface area contributed by atoms with Gasteiger partial charge in [0.2, 0.25) is 6.04 Å². The normalized spacial score (nSPS) is 34.8. The number of hydrogen-bond donors (Lipinski definition) is 1. The third-order valence-corrected chi connectivity index (χ3v) is 1.55. The van der Waals surface area contributed by atoms with Crippen LogP contribution in [0.1, 0.15) is 6.92 Å². The van der Waals surface area contributed by atoms with Crippen molar-refractivity contribution in [2.75, 3.05) is 6.54 Å². The van der Waals surface area contributed by atoms with Crippen LogP contribution < -0.4 is 5.32 Å². The fraction of sp³-hybridized carbons (Fsp3) is 0.800. The van der Waals surface area contributed by atoms with E-state index >= 15 is 0 Å². The summed E-state index contributed by atoms with van der Waals surface area (Å²) in [7, 11) is 0. The molecule has 4 nitrogen and oxygen atoms in total. The number of nitrogens with one attached hydrogen (secondary N) is 1. The van der Waals surface area contributed by atoms with Gasteiger partial charge in [0, 0.05) is 11.5 Å². The van der Waals surface area contributed by atoms with Gasteiger partial charge in [-0.15, -0.1) is 0 Å². The van der Waals surface area contributed by atoms with Crippen LogP contribution in [0, 0.1) is 16.5 Å². The largest absolute Gasteiger partial charge is 0.308 e. The Morgan fingerprint density at radius 3 is 2.78 bits per heavy atom. The maximum atomic E-state index is 10.1. The van der Waals surface area contributed by atoms with Crippen LogP contribution in [0.15, 0.2) is 0 Å². The molecule has 1 aliphatic heterocycles. The molecule has 1 heterocycles. The second-order valence-electron chi connectivity index (χ2n) is 2.21. The predicted molar refractivity (Wildman–Crippen MR) is 32.5 cm³/mol. The van der Waals surface area contributed by atoms with Crippen molar-refractivity contribution in [3.05, 3.63) is 16.5 Å². The molecule has 1 rings (SSSR count). The molecule has 0 aromatic carbocycles. The zero-order valence-electron chi connectivity index (χ0n) is 5.20. The highest BCUT2D eigenvalue weighted by Crippen LogP contribution is 2.07. The summed E-state index contributed by atoms with van der Waals surface area (Å²) in [5.74, 6) is 0. The molecule has 1 fully saturated rings. The van der Waals surface area contributed by atoms with Crippen LogP contribution in [0.3, 0.4) is 0 Å². The van der Waals surface area contributed by atoms with E-state index in [0.29, 0.717) is 6.54 Å². The number of nitro groups is 1. The molecule has 0 aromatic heterocycles. The average Bonchev–Trinajstić information content (AvgIpc) is 2.13. The minimum atomic E-state index is -0.481. The van der Waals surface area contributed by atoms with Gasteiger partial charge in [-0.3, -0.25) is 10.1 Å². The van der Waals surface area contributed by atoms with Crippen molar-refractivity contribution in [3.8, 4) is 0 Å². The highest BCUT2D eigenvalue weighted by molar-refractivity contribution is 4.93. The summed E-state index contributed by atoms with van der Waals surface area (Å²) < 4.78 is 0. The molecule has 1 saturated heterocycles. The lowest BCUT2D eigenvalue weighted by atomic mass is 10.2. The molecular formula is C5H9N2O2. The van der Waals surface area contributed by atoms with Gasteiger partial charge in [-0.05, 0) is 6.92 Å². The topological polar surface area (TPSA) is 55.2 Å². The fourth-order valence-electron chi connectivity index (χ4n) is 0.968. The lowest BCUT2D eigenvalue weighted by Gasteiger charge is -2.04. The molecule has 51 valence electrons. The molecule has 9 heavy (non-hydrogen) atoms. The minimum absolute atomic E-state index is 0.000000000000000222. The van der Waals surface area contributed by atoms with Crippen LogP contribution in [0.2, 0.25) is 0 Å². The summed E-state index contributed by atoms with van der Waals surface area (Å²) in [4.78, 5) is 9.89. The van der Waals surface area contributed by atoms with Crippen LogP contribution in [0.25, 0.3) is 0 Å². The molecule has 0 saturated carbocycles. The Balaban J connectivity index is 2.49. The summed E-state index contributed by atoms with van der Waals surface area (Å²) in [6, 6.07) is -0.481. The summed E-state index contributed by atoms with van der Waals surface area (Å²) in [6.45, 7) is 2.48. The van der Waals surface area contributed by atoms with E-state index in [2.05, 4.69) is 5.32 Å². The van der Waals surface area contributed by atoms with E-state index in [1.54, 1.807) is 6.42 Å². The van der Waals surface area contributed by atoms with E-state index in [9.17, 15) is 10.1 Å². The van der Waals surface area contributed by atoms with Crippen LogP contribution in [0.4, 0.5) is 0 Å². The third kappa shape index (κ3) is 1.18. The Kier molecular flexibility index (Phi) is 1.66. The zero-order chi connectivity index (χ0) is 6.85. The molecule has 1 unspecified atom stereocenters. The van der Waals surface area contributed by atoms with E-state index in [1.807, 2.05) is 6.92 Å². The van der Waals surface area contributed by atoms with Gasteiger partial charge in [0.1, 0.15) is 0 Å². The maximum absolute atomic E-state index is 10.1. The molecule has 1 aliphatic rings. The van der Waals surface area contributed by atoms with Crippen LogP contribution in [-0.2, 0) is 0 Å². The van der Waals surface area contributed by atoms with Crippen molar-refractivity contribution in [2.45, 2.75) is 19.0 Å². The van der Waals surface area contributed by atoms with E-state index in [-0.39, 0.29) is 11.0 Å². The maximum Gasteiger partial charge on any atom is 0.232 e. The van der Waals surface area contributed by atoms with Crippen LogP contribution in [0.5, 0.6) is 0 Å². The molecule has 0 aliphatic carbocycles. The van der Waals surface area contributed by atoms with Gasteiger partial charge < -0.3 is 5.32 Å². The number of rotatable bonds is 1. The van der Waals surface area contributed by atoms with Crippen LogP contribution >= 0.6 is 0 Å². The predicted octanol–water partition coefficient (Wildman–Crippen LogP) is -0.172. The van der Waals surface area contributed by atoms with E-state index < -0.39 is 6.04 Å². The average molecular weight is 129 g/mol. The Labute approximate surface area is 53.4 Å². The highest BCUT2D eigenvalue weighted by atomic mass is 16.6. The zero-order valence-corrected chi connectivity index (χ0v) is 5.20. The van der Waals surface area contributed by atoms with Gasteiger partial charge in [-0.25, -0.2) is 0 Å². The summed E-state index contributed by atoms with van der Waals surface area (Å²) in [6.07, 6.45) is 1.69. The summed E-state index contributed by atoms with van der Waals surface area (Å²) >= 11 is 0. The van der Waals surface area contributed by atoms with Crippen LogP contribution in [-0.4, -0.2) is 23.6 Å². The second kappa shape index (κ2) is 2.31. The van der Waals surface area contributed by atoms with Crippen molar-refractivity contribution in [2.24, 2.45) is 0 Å².